The number of hydrogen-bond acceptors (Lipinski definition) is 3. The van der Waals surface area contributed by atoms with E-state index in [2.05, 4.69) is 9.98 Å². The summed E-state index contributed by atoms with van der Waals surface area (Å²) in [6.07, 6.45) is 7.10. The molecule has 56 valence electrons. The van der Waals surface area contributed by atoms with Gasteiger partial charge in [-0.3, -0.25) is 9.20 Å². The Labute approximate surface area is 66.7 Å². The van der Waals surface area contributed by atoms with E-state index in [1.165, 1.54) is 0 Å². The van der Waals surface area contributed by atoms with Gasteiger partial charge in [-0.05, 0) is 12.2 Å². The molecule has 1 atom stereocenters. The summed E-state index contributed by atoms with van der Waals surface area (Å²) in [5.74, 6) is 0.367. The summed E-state index contributed by atoms with van der Waals surface area (Å²) in [5, 5.41) is 0.606. The average molecular weight is 166 g/mol. The highest BCUT2D eigenvalue weighted by molar-refractivity contribution is 8.03. The average Bonchev–Trinajstić information content (AvgIpc) is 2.25. The Balaban J connectivity index is 2.49. The molecule has 1 unspecified atom stereocenters. The Bertz CT molecular complexity index is 325. The van der Waals surface area contributed by atoms with Crippen LogP contribution in [0, 0.1) is 0 Å². The van der Waals surface area contributed by atoms with E-state index >= 15 is 0 Å². The van der Waals surface area contributed by atoms with Crippen LogP contribution in [-0.2, 0) is 10.8 Å². The quantitative estimate of drug-likeness (QED) is 0.520. The minimum atomic E-state index is -1.01. The van der Waals surface area contributed by atoms with Crippen molar-refractivity contribution in [1.82, 2.24) is 0 Å². The molecule has 2 heterocycles. The SMILES string of the molecule is O=S1CN=C2C=CC=CN=C21. The van der Waals surface area contributed by atoms with Gasteiger partial charge in [0.1, 0.15) is 5.88 Å². The molecule has 0 saturated carbocycles. The van der Waals surface area contributed by atoms with Gasteiger partial charge < -0.3 is 0 Å². The summed E-state index contributed by atoms with van der Waals surface area (Å²) in [6, 6.07) is 0. The molecule has 0 aromatic carbocycles. The molecule has 0 fully saturated rings. The van der Waals surface area contributed by atoms with E-state index in [9.17, 15) is 4.21 Å². The molecule has 2 aliphatic rings. The molecule has 0 N–H and O–H groups in total. The number of rotatable bonds is 0. The van der Waals surface area contributed by atoms with Crippen molar-refractivity contribution in [3.05, 3.63) is 24.4 Å². The predicted molar refractivity (Wildman–Crippen MR) is 46.2 cm³/mol. The molecule has 0 amide bonds. The minimum absolute atomic E-state index is 0.367. The third-order valence-corrected chi connectivity index (χ3v) is 2.54. The largest absolute Gasteiger partial charge is 0.269 e. The van der Waals surface area contributed by atoms with Crippen molar-refractivity contribution in [3.8, 4) is 0 Å². The van der Waals surface area contributed by atoms with Gasteiger partial charge in [0.25, 0.3) is 0 Å². The maximum Gasteiger partial charge on any atom is 0.154 e. The van der Waals surface area contributed by atoms with Gasteiger partial charge in [-0.2, -0.15) is 0 Å². The van der Waals surface area contributed by atoms with Crippen molar-refractivity contribution in [2.45, 2.75) is 0 Å². The molecule has 0 aromatic heterocycles. The molecule has 11 heavy (non-hydrogen) atoms. The second-order valence-corrected chi connectivity index (χ2v) is 3.49. The maximum atomic E-state index is 11.2. The van der Waals surface area contributed by atoms with E-state index in [0.717, 1.165) is 5.71 Å². The molecule has 0 aliphatic carbocycles. The van der Waals surface area contributed by atoms with E-state index in [1.54, 1.807) is 12.3 Å². The Hall–Kier alpha value is -1.03. The van der Waals surface area contributed by atoms with Crippen LogP contribution in [0.15, 0.2) is 34.4 Å². The first-order chi connectivity index (χ1) is 5.38. The minimum Gasteiger partial charge on any atom is -0.269 e. The van der Waals surface area contributed by atoms with Crippen LogP contribution in [0.3, 0.4) is 0 Å². The molecular formula is C7H6N2OS. The number of allylic oxidation sites excluding steroid dienone is 3. The van der Waals surface area contributed by atoms with Gasteiger partial charge in [0, 0.05) is 6.20 Å². The number of aliphatic imine (C=N–C) groups is 2. The number of hydrogen-bond donors (Lipinski definition) is 0. The van der Waals surface area contributed by atoms with Gasteiger partial charge in [-0.15, -0.1) is 0 Å². The first-order valence-electron chi connectivity index (χ1n) is 3.22. The maximum absolute atomic E-state index is 11.2. The van der Waals surface area contributed by atoms with Crippen LogP contribution in [0.2, 0.25) is 0 Å². The Morgan fingerprint density at radius 2 is 2.36 bits per heavy atom. The van der Waals surface area contributed by atoms with Gasteiger partial charge in [0.2, 0.25) is 0 Å². The van der Waals surface area contributed by atoms with Crippen molar-refractivity contribution < 1.29 is 4.21 Å². The Kier molecular flexibility index (Phi) is 1.54. The van der Waals surface area contributed by atoms with Crippen molar-refractivity contribution in [2.24, 2.45) is 9.98 Å². The van der Waals surface area contributed by atoms with Gasteiger partial charge in [0.15, 0.2) is 5.04 Å². The van der Waals surface area contributed by atoms with E-state index in [-0.39, 0.29) is 0 Å². The predicted octanol–water partition coefficient (Wildman–Crippen LogP) is 0.629. The highest BCUT2D eigenvalue weighted by Gasteiger charge is 2.20. The lowest BCUT2D eigenvalue weighted by atomic mass is 10.3. The molecule has 3 nitrogen and oxygen atoms in total. The van der Waals surface area contributed by atoms with E-state index in [1.807, 2.05) is 12.2 Å². The summed E-state index contributed by atoms with van der Waals surface area (Å²) < 4.78 is 11.2. The van der Waals surface area contributed by atoms with Gasteiger partial charge in [0.05, 0.1) is 16.5 Å². The van der Waals surface area contributed by atoms with Crippen LogP contribution in [0.4, 0.5) is 0 Å². The zero-order valence-corrected chi connectivity index (χ0v) is 6.54. The van der Waals surface area contributed by atoms with Crippen molar-refractivity contribution in [3.63, 3.8) is 0 Å². The Morgan fingerprint density at radius 3 is 3.27 bits per heavy atom. The van der Waals surface area contributed by atoms with Gasteiger partial charge >= 0.3 is 0 Å². The molecular weight excluding hydrogens is 160 g/mol. The second kappa shape index (κ2) is 2.54. The summed E-state index contributed by atoms with van der Waals surface area (Å²) in [7, 11) is -1.01. The van der Waals surface area contributed by atoms with E-state index in [4.69, 9.17) is 0 Å². The third kappa shape index (κ3) is 1.09. The zero-order chi connectivity index (χ0) is 7.68. The van der Waals surface area contributed by atoms with Gasteiger partial charge in [-0.25, -0.2) is 4.99 Å². The fraction of sp³-hybridized carbons (Fsp3) is 0.143. The zero-order valence-electron chi connectivity index (χ0n) is 5.73. The lowest BCUT2D eigenvalue weighted by molar-refractivity contribution is 0.691. The molecule has 2 aliphatic heterocycles. The molecule has 0 aromatic rings. The van der Waals surface area contributed by atoms with E-state index in [0.29, 0.717) is 10.9 Å². The summed E-state index contributed by atoms with van der Waals surface area (Å²) in [5.41, 5.74) is 0.758. The summed E-state index contributed by atoms with van der Waals surface area (Å²) in [6.45, 7) is 0. The highest BCUT2D eigenvalue weighted by atomic mass is 32.2. The third-order valence-electron chi connectivity index (χ3n) is 1.43. The lowest BCUT2D eigenvalue weighted by Crippen LogP contribution is -2.10. The molecule has 2 rings (SSSR count). The normalized spacial score (nSPS) is 27.5. The monoisotopic (exact) mass is 166 g/mol. The van der Waals surface area contributed by atoms with E-state index < -0.39 is 10.8 Å². The fourth-order valence-corrected chi connectivity index (χ4v) is 1.85. The van der Waals surface area contributed by atoms with Crippen molar-refractivity contribution >= 4 is 21.6 Å². The van der Waals surface area contributed by atoms with Crippen LogP contribution in [0.1, 0.15) is 0 Å². The van der Waals surface area contributed by atoms with Crippen molar-refractivity contribution in [1.29, 1.82) is 0 Å². The van der Waals surface area contributed by atoms with Crippen LogP contribution in [-0.4, -0.2) is 20.8 Å². The first-order valence-corrected chi connectivity index (χ1v) is 4.54. The van der Waals surface area contributed by atoms with Crippen molar-refractivity contribution in [2.75, 3.05) is 5.88 Å². The topological polar surface area (TPSA) is 41.8 Å². The highest BCUT2D eigenvalue weighted by Crippen LogP contribution is 2.07. The molecule has 4 heteroatoms. The molecule has 0 saturated heterocycles. The number of nitrogens with zero attached hydrogens (tertiary/aromatic N) is 2. The summed E-state index contributed by atoms with van der Waals surface area (Å²) in [4.78, 5) is 8.07. The van der Waals surface area contributed by atoms with Crippen LogP contribution < -0.4 is 0 Å². The first kappa shape index (κ1) is 6.67. The lowest BCUT2D eigenvalue weighted by Gasteiger charge is -1.89. The molecule has 0 spiro atoms. The van der Waals surface area contributed by atoms with Crippen LogP contribution in [0.5, 0.6) is 0 Å². The Morgan fingerprint density at radius 1 is 1.45 bits per heavy atom. The fourth-order valence-electron chi connectivity index (χ4n) is 0.930. The smallest absolute Gasteiger partial charge is 0.154 e. The van der Waals surface area contributed by atoms with Crippen LogP contribution in [0.25, 0.3) is 0 Å². The molecule has 0 radical (unpaired) electrons. The number of fused-ring (bicyclic) bond motifs is 1. The summed E-state index contributed by atoms with van der Waals surface area (Å²) >= 11 is 0. The van der Waals surface area contributed by atoms with Crippen LogP contribution >= 0.6 is 0 Å². The molecule has 0 bridgehead atoms. The standard InChI is InChI=1S/C7H6N2OS/c10-11-5-9-6-3-1-2-4-8-7(6)11/h1-4H,5H2. The second-order valence-electron chi connectivity index (χ2n) is 2.15. The van der Waals surface area contributed by atoms with Gasteiger partial charge in [-0.1, -0.05) is 6.08 Å².